The van der Waals surface area contributed by atoms with Crippen LogP contribution in [0.2, 0.25) is 0 Å². The van der Waals surface area contributed by atoms with E-state index in [1.165, 1.54) is 12.8 Å². The van der Waals surface area contributed by atoms with Crippen molar-refractivity contribution in [1.29, 1.82) is 0 Å². The Hall–Kier alpha value is -0.330. The van der Waals surface area contributed by atoms with Gasteiger partial charge < -0.3 is 0 Å². The number of fused-ring (bicyclic) bond motifs is 1. The summed E-state index contributed by atoms with van der Waals surface area (Å²) >= 11 is 0. The molecule has 0 amide bonds. The first-order valence-electron chi connectivity index (χ1n) is 6.77. The Balaban J connectivity index is 2.29. The van der Waals surface area contributed by atoms with E-state index in [2.05, 4.69) is 34.6 Å². The summed E-state index contributed by atoms with van der Waals surface area (Å²) in [5.41, 5.74) is 0.811. The number of rotatable bonds is 0. The van der Waals surface area contributed by atoms with Gasteiger partial charge in [0, 0.05) is 12.3 Å². The van der Waals surface area contributed by atoms with Crippen LogP contribution in [0.25, 0.3) is 0 Å². The zero-order valence-electron chi connectivity index (χ0n) is 11.5. The summed E-state index contributed by atoms with van der Waals surface area (Å²) < 4.78 is 0. The molecule has 0 aromatic heterocycles. The van der Waals surface area contributed by atoms with Crippen LogP contribution >= 0.6 is 0 Å². The van der Waals surface area contributed by atoms with E-state index in [4.69, 9.17) is 0 Å². The summed E-state index contributed by atoms with van der Waals surface area (Å²) in [4.78, 5) is 11.9. The third-order valence-corrected chi connectivity index (χ3v) is 5.49. The topological polar surface area (TPSA) is 17.1 Å². The predicted molar refractivity (Wildman–Crippen MR) is 67.2 cm³/mol. The smallest absolute Gasteiger partial charge is 0.136 e. The van der Waals surface area contributed by atoms with Crippen molar-refractivity contribution in [3.63, 3.8) is 0 Å². The van der Waals surface area contributed by atoms with Gasteiger partial charge in [0.1, 0.15) is 5.78 Å². The van der Waals surface area contributed by atoms with Crippen molar-refractivity contribution in [2.24, 2.45) is 28.6 Å². The lowest BCUT2D eigenvalue weighted by molar-refractivity contribution is -0.136. The molecule has 3 atom stereocenters. The molecule has 0 aromatic carbocycles. The van der Waals surface area contributed by atoms with E-state index in [0.29, 0.717) is 28.4 Å². The van der Waals surface area contributed by atoms with Gasteiger partial charge in [0.15, 0.2) is 0 Å². The minimum Gasteiger partial charge on any atom is -0.299 e. The van der Waals surface area contributed by atoms with E-state index >= 15 is 0 Å². The molecule has 0 aromatic rings. The van der Waals surface area contributed by atoms with Crippen LogP contribution in [0.15, 0.2) is 0 Å². The minimum atomic E-state index is 0.300. The van der Waals surface area contributed by atoms with Crippen molar-refractivity contribution in [2.75, 3.05) is 0 Å². The van der Waals surface area contributed by atoms with Gasteiger partial charge in [0.25, 0.3) is 0 Å². The van der Waals surface area contributed by atoms with Gasteiger partial charge in [-0.3, -0.25) is 4.79 Å². The quantitative estimate of drug-likeness (QED) is 0.604. The van der Waals surface area contributed by atoms with Crippen LogP contribution in [-0.4, -0.2) is 5.78 Å². The number of carbonyl (C=O) groups excluding carboxylic acids is 1. The molecule has 2 fully saturated rings. The average Bonchev–Trinajstić information content (AvgIpc) is 2.17. The Bertz CT molecular complexity index is 301. The highest BCUT2D eigenvalue weighted by atomic mass is 16.1. The monoisotopic (exact) mass is 222 g/mol. The second-order valence-corrected chi connectivity index (χ2v) is 7.50. The molecule has 0 radical (unpaired) electrons. The summed E-state index contributed by atoms with van der Waals surface area (Å²) in [5, 5.41) is 0. The van der Waals surface area contributed by atoms with Crippen LogP contribution in [-0.2, 0) is 4.79 Å². The lowest BCUT2D eigenvalue weighted by atomic mass is 9.50. The maximum atomic E-state index is 11.9. The molecule has 0 heterocycles. The van der Waals surface area contributed by atoms with Crippen LogP contribution in [0.1, 0.15) is 60.3 Å². The highest BCUT2D eigenvalue weighted by Gasteiger charge is 2.51. The van der Waals surface area contributed by atoms with Crippen molar-refractivity contribution < 1.29 is 4.79 Å². The molecule has 0 aliphatic heterocycles. The van der Waals surface area contributed by atoms with Gasteiger partial charge >= 0.3 is 0 Å². The van der Waals surface area contributed by atoms with Crippen molar-refractivity contribution >= 4 is 5.78 Å². The fourth-order valence-corrected chi connectivity index (χ4v) is 3.94. The number of Topliss-reactive ketones (excluding diaryl/α,β-unsaturated/α-hetero) is 1. The molecule has 1 heteroatoms. The second-order valence-electron chi connectivity index (χ2n) is 7.50. The van der Waals surface area contributed by atoms with Crippen LogP contribution in [0.5, 0.6) is 0 Å². The fraction of sp³-hybridized carbons (Fsp3) is 0.933. The third-order valence-electron chi connectivity index (χ3n) is 5.49. The second kappa shape index (κ2) is 3.58. The first-order chi connectivity index (χ1) is 7.24. The zero-order chi connectivity index (χ0) is 12.1. The SMILES string of the molecule is C[C@@H]1C[C@H]2[C@@H](CC1=O)C(C)(C)CCC2(C)C. The molecular weight excluding hydrogens is 196 g/mol. The van der Waals surface area contributed by atoms with Crippen LogP contribution in [0.4, 0.5) is 0 Å². The van der Waals surface area contributed by atoms with Crippen molar-refractivity contribution in [1.82, 2.24) is 0 Å². The maximum Gasteiger partial charge on any atom is 0.136 e. The van der Waals surface area contributed by atoms with E-state index in [1.54, 1.807) is 0 Å². The van der Waals surface area contributed by atoms with E-state index in [-0.39, 0.29) is 0 Å². The number of carbonyl (C=O) groups is 1. The maximum absolute atomic E-state index is 11.9. The zero-order valence-corrected chi connectivity index (χ0v) is 11.5. The Morgan fingerprint density at radius 1 is 1.00 bits per heavy atom. The summed E-state index contributed by atoms with van der Waals surface area (Å²) in [6, 6.07) is 0. The average molecular weight is 222 g/mol. The molecule has 2 aliphatic rings. The first-order valence-corrected chi connectivity index (χ1v) is 6.77. The van der Waals surface area contributed by atoms with Gasteiger partial charge in [-0.2, -0.15) is 0 Å². The lowest BCUT2D eigenvalue weighted by Crippen LogP contribution is -2.49. The molecule has 0 unspecified atom stereocenters. The molecule has 0 bridgehead atoms. The van der Waals surface area contributed by atoms with Gasteiger partial charge in [0.2, 0.25) is 0 Å². The van der Waals surface area contributed by atoms with E-state index < -0.39 is 0 Å². The largest absolute Gasteiger partial charge is 0.299 e. The fourth-order valence-electron chi connectivity index (χ4n) is 3.94. The minimum absolute atomic E-state index is 0.300. The van der Waals surface area contributed by atoms with Crippen LogP contribution in [0, 0.1) is 28.6 Å². The molecule has 16 heavy (non-hydrogen) atoms. The molecule has 2 rings (SSSR count). The van der Waals surface area contributed by atoms with Crippen LogP contribution in [0.3, 0.4) is 0 Å². The highest BCUT2D eigenvalue weighted by Crippen LogP contribution is 2.57. The number of ketones is 1. The summed E-state index contributed by atoms with van der Waals surface area (Å²) in [7, 11) is 0. The molecular formula is C15H26O. The molecule has 1 nitrogen and oxygen atoms in total. The third kappa shape index (κ3) is 1.83. The first kappa shape index (κ1) is 12.1. The Morgan fingerprint density at radius 2 is 1.50 bits per heavy atom. The van der Waals surface area contributed by atoms with Gasteiger partial charge in [0.05, 0.1) is 0 Å². The standard InChI is InChI=1S/C15H26O/c1-10-8-11-12(9-13(10)16)15(4,5)7-6-14(11,2)3/h10-12H,6-9H2,1-5H3/t10-,11+,12-/m1/s1. The Morgan fingerprint density at radius 3 is 2.06 bits per heavy atom. The molecule has 92 valence electrons. The van der Waals surface area contributed by atoms with E-state index in [0.717, 1.165) is 18.8 Å². The molecule has 0 saturated heterocycles. The number of hydrogen-bond donors (Lipinski definition) is 0. The molecule has 2 saturated carbocycles. The molecule has 0 N–H and O–H groups in total. The van der Waals surface area contributed by atoms with Gasteiger partial charge in [-0.15, -0.1) is 0 Å². The van der Waals surface area contributed by atoms with Crippen molar-refractivity contribution in [3.8, 4) is 0 Å². The van der Waals surface area contributed by atoms with Crippen molar-refractivity contribution in [2.45, 2.75) is 60.3 Å². The molecule has 0 spiro atoms. The highest BCUT2D eigenvalue weighted by molar-refractivity contribution is 5.81. The van der Waals surface area contributed by atoms with E-state index in [1.807, 2.05) is 0 Å². The van der Waals surface area contributed by atoms with Crippen molar-refractivity contribution in [3.05, 3.63) is 0 Å². The Labute approximate surface area is 100.0 Å². The van der Waals surface area contributed by atoms with Gasteiger partial charge in [-0.05, 0) is 41.9 Å². The number of hydrogen-bond acceptors (Lipinski definition) is 1. The summed E-state index contributed by atoms with van der Waals surface area (Å²) in [6.45, 7) is 11.7. The summed E-state index contributed by atoms with van der Waals surface area (Å²) in [5.74, 6) is 2.19. The van der Waals surface area contributed by atoms with E-state index in [9.17, 15) is 4.79 Å². The predicted octanol–water partition coefficient (Wildman–Crippen LogP) is 4.06. The lowest BCUT2D eigenvalue weighted by Gasteiger charge is -2.55. The molecule has 2 aliphatic carbocycles. The van der Waals surface area contributed by atoms with Crippen LogP contribution < -0.4 is 0 Å². The van der Waals surface area contributed by atoms with Gasteiger partial charge in [-0.1, -0.05) is 34.6 Å². The summed E-state index contributed by atoms with van der Waals surface area (Å²) in [6.07, 6.45) is 4.56. The normalized spacial score (nSPS) is 41.6. The Kier molecular flexibility index (Phi) is 2.72. The van der Waals surface area contributed by atoms with Gasteiger partial charge in [-0.25, -0.2) is 0 Å².